The van der Waals surface area contributed by atoms with Crippen LogP contribution in [0.15, 0.2) is 12.1 Å². The minimum absolute atomic E-state index is 0.105. The fourth-order valence-electron chi connectivity index (χ4n) is 3.76. The Morgan fingerprint density at radius 2 is 1.87 bits per heavy atom. The van der Waals surface area contributed by atoms with Crippen LogP contribution in [0.5, 0.6) is 0 Å². The van der Waals surface area contributed by atoms with Gasteiger partial charge in [0.05, 0.1) is 28.4 Å². The summed E-state index contributed by atoms with van der Waals surface area (Å²) in [5, 5.41) is 13.1. The van der Waals surface area contributed by atoms with Gasteiger partial charge in [-0.1, -0.05) is 11.6 Å². The van der Waals surface area contributed by atoms with E-state index in [1.165, 1.54) is 17.0 Å². The van der Waals surface area contributed by atoms with Crippen LogP contribution in [-0.4, -0.2) is 53.9 Å². The number of hydrogen-bond donors (Lipinski definition) is 2. The Labute approximate surface area is 185 Å². The predicted molar refractivity (Wildman–Crippen MR) is 114 cm³/mol. The monoisotopic (exact) mass is 455 g/mol. The molecule has 0 atom stereocenters. The predicted octanol–water partition coefficient (Wildman–Crippen LogP) is 2.99. The first-order valence-corrected chi connectivity index (χ1v) is 10.5. The number of piperidine rings is 1. The van der Waals surface area contributed by atoms with Crippen molar-refractivity contribution in [3.8, 4) is 0 Å². The number of halogens is 2. The average molecular weight is 456 g/mol. The van der Waals surface area contributed by atoms with E-state index in [0.717, 1.165) is 0 Å². The number of rotatable bonds is 4. The van der Waals surface area contributed by atoms with Crippen LogP contribution in [-0.2, 0) is 14.3 Å². The zero-order valence-electron chi connectivity index (χ0n) is 17.8. The van der Waals surface area contributed by atoms with E-state index >= 15 is 0 Å². The molecule has 8 nitrogen and oxygen atoms in total. The third-order valence-electron chi connectivity index (χ3n) is 5.29. The van der Waals surface area contributed by atoms with Crippen molar-refractivity contribution in [1.29, 1.82) is 0 Å². The highest BCUT2D eigenvalue weighted by molar-refractivity contribution is 6.34. The third kappa shape index (κ3) is 5.65. The molecule has 0 aromatic heterocycles. The first kappa shape index (κ1) is 23.3. The second-order valence-corrected chi connectivity index (χ2v) is 9.39. The Hall–Kier alpha value is -2.39. The molecule has 0 saturated carbocycles. The molecule has 170 valence electrons. The molecule has 0 bridgehead atoms. The molecule has 0 spiro atoms. The van der Waals surface area contributed by atoms with E-state index in [9.17, 15) is 23.9 Å². The highest BCUT2D eigenvalue weighted by atomic mass is 35.5. The van der Waals surface area contributed by atoms with Crippen molar-refractivity contribution in [3.63, 3.8) is 0 Å². The quantitative estimate of drug-likeness (QED) is 0.677. The molecule has 1 aromatic carbocycles. The maximum atomic E-state index is 14.9. The number of hydrogen-bond acceptors (Lipinski definition) is 6. The zero-order chi connectivity index (χ0) is 23.0. The Bertz CT molecular complexity index is 894. The number of nitrogens with one attached hydrogen (secondary N) is 1. The van der Waals surface area contributed by atoms with Crippen LogP contribution in [0.3, 0.4) is 0 Å². The lowest BCUT2D eigenvalue weighted by molar-refractivity contribution is -0.161. The zero-order valence-corrected chi connectivity index (χ0v) is 18.6. The molecule has 31 heavy (non-hydrogen) atoms. The van der Waals surface area contributed by atoms with Crippen molar-refractivity contribution >= 4 is 40.9 Å². The second kappa shape index (κ2) is 8.63. The number of carbonyl (C=O) groups excluding carboxylic acids is 3. The molecule has 0 unspecified atom stereocenters. The van der Waals surface area contributed by atoms with Gasteiger partial charge in [0.2, 0.25) is 5.91 Å². The number of aliphatic hydroxyl groups is 1. The molecule has 0 radical (unpaired) electrons. The normalized spacial score (nSPS) is 19.3. The molecule has 1 aromatic rings. The van der Waals surface area contributed by atoms with Crippen LogP contribution in [0.25, 0.3) is 0 Å². The van der Waals surface area contributed by atoms with E-state index in [4.69, 9.17) is 16.3 Å². The molecule has 2 heterocycles. The minimum Gasteiger partial charge on any atom is -0.460 e. The summed E-state index contributed by atoms with van der Waals surface area (Å²) in [6, 6.07) is 1.97. The van der Waals surface area contributed by atoms with E-state index in [0.29, 0.717) is 13.1 Å². The number of carbonyl (C=O) groups is 3. The lowest BCUT2D eigenvalue weighted by Gasteiger charge is -2.39. The number of benzene rings is 1. The van der Waals surface area contributed by atoms with Gasteiger partial charge in [-0.15, -0.1) is 0 Å². The summed E-state index contributed by atoms with van der Waals surface area (Å²) in [5.41, 5.74) is -1.40. The molecule has 2 N–H and O–H groups in total. The molecule has 10 heteroatoms. The maximum absolute atomic E-state index is 14.9. The van der Waals surface area contributed by atoms with Gasteiger partial charge < -0.3 is 14.7 Å². The largest absolute Gasteiger partial charge is 0.460 e. The van der Waals surface area contributed by atoms with Crippen LogP contribution in [0.2, 0.25) is 5.02 Å². The number of amides is 3. The highest BCUT2D eigenvalue weighted by Gasteiger charge is 2.37. The van der Waals surface area contributed by atoms with Gasteiger partial charge in [0.15, 0.2) is 0 Å². The number of ether oxygens (including phenoxy) is 1. The summed E-state index contributed by atoms with van der Waals surface area (Å²) in [6.45, 7) is 6.05. The topological polar surface area (TPSA) is 99.2 Å². The third-order valence-corrected chi connectivity index (χ3v) is 5.59. The highest BCUT2D eigenvalue weighted by Crippen LogP contribution is 2.36. The van der Waals surface area contributed by atoms with Crippen molar-refractivity contribution in [1.82, 2.24) is 5.32 Å². The molecule has 2 fully saturated rings. The van der Waals surface area contributed by atoms with Crippen molar-refractivity contribution < 1.29 is 28.6 Å². The number of esters is 1. The summed E-state index contributed by atoms with van der Waals surface area (Å²) in [5.74, 6) is -1.43. The smallest absolute Gasteiger partial charge is 0.328 e. The van der Waals surface area contributed by atoms with E-state index in [1.54, 1.807) is 25.7 Å². The fraction of sp³-hybridized carbons (Fsp3) is 0.571. The number of anilines is 2. The van der Waals surface area contributed by atoms with E-state index in [1.807, 2.05) is 0 Å². The molecular weight excluding hydrogens is 429 g/mol. The van der Waals surface area contributed by atoms with Crippen molar-refractivity contribution in [2.24, 2.45) is 0 Å². The van der Waals surface area contributed by atoms with Gasteiger partial charge in [0, 0.05) is 32.1 Å². The number of urea groups is 1. The van der Waals surface area contributed by atoms with Gasteiger partial charge in [-0.25, -0.2) is 9.18 Å². The van der Waals surface area contributed by atoms with Crippen LogP contribution in [0, 0.1) is 5.82 Å². The summed E-state index contributed by atoms with van der Waals surface area (Å²) in [7, 11) is 0. The van der Waals surface area contributed by atoms with E-state index in [-0.39, 0.29) is 54.5 Å². The summed E-state index contributed by atoms with van der Waals surface area (Å²) >= 11 is 6.33. The number of imide groups is 1. The van der Waals surface area contributed by atoms with Gasteiger partial charge in [0.25, 0.3) is 0 Å². The minimum atomic E-state index is -1.21. The molecule has 0 aliphatic carbocycles. The first-order chi connectivity index (χ1) is 14.4. The van der Waals surface area contributed by atoms with E-state index < -0.39 is 29.0 Å². The Balaban J connectivity index is 1.68. The molecule has 2 saturated heterocycles. The SMILES string of the molecule is CC(C)(C)OC(=O)CC1(O)CCN(c2cc(Cl)c(N3CCC(=O)NC3=O)cc2F)CC1. The van der Waals surface area contributed by atoms with Gasteiger partial charge in [-0.2, -0.15) is 0 Å². The lowest BCUT2D eigenvalue weighted by Crippen LogP contribution is -2.49. The first-order valence-electron chi connectivity index (χ1n) is 10.2. The van der Waals surface area contributed by atoms with Gasteiger partial charge in [-0.3, -0.25) is 19.8 Å². The standard InChI is InChI=1S/C21H27ClFN3O5/c1-20(2,3)31-18(28)12-21(30)5-8-25(9-6-21)16-10-13(22)15(11-14(16)23)26-7-4-17(27)24-19(26)29/h10-11,30H,4-9,12H2,1-3H3,(H,24,27,29). The van der Waals surface area contributed by atoms with E-state index in [2.05, 4.69) is 5.32 Å². The summed E-state index contributed by atoms with van der Waals surface area (Å²) in [6.07, 6.45) is 0.514. The van der Waals surface area contributed by atoms with Crippen molar-refractivity contribution in [3.05, 3.63) is 23.0 Å². The van der Waals surface area contributed by atoms with Crippen LogP contribution < -0.4 is 15.1 Å². The second-order valence-electron chi connectivity index (χ2n) is 8.98. The Kier molecular flexibility index (Phi) is 6.48. The Morgan fingerprint density at radius 3 is 2.45 bits per heavy atom. The van der Waals surface area contributed by atoms with Gasteiger partial charge >= 0.3 is 12.0 Å². The summed E-state index contributed by atoms with van der Waals surface area (Å²) in [4.78, 5) is 38.4. The van der Waals surface area contributed by atoms with Crippen LogP contribution >= 0.6 is 11.6 Å². The molecule has 2 aliphatic heterocycles. The van der Waals surface area contributed by atoms with Gasteiger partial charge in [0.1, 0.15) is 11.4 Å². The molecular formula is C21H27ClFN3O5. The molecule has 2 aliphatic rings. The van der Waals surface area contributed by atoms with Crippen LogP contribution in [0.4, 0.5) is 20.6 Å². The van der Waals surface area contributed by atoms with Crippen molar-refractivity contribution in [2.45, 2.75) is 57.7 Å². The Morgan fingerprint density at radius 1 is 1.23 bits per heavy atom. The van der Waals surface area contributed by atoms with Crippen LogP contribution in [0.1, 0.15) is 46.5 Å². The maximum Gasteiger partial charge on any atom is 0.328 e. The summed E-state index contributed by atoms with van der Waals surface area (Å²) < 4.78 is 20.2. The van der Waals surface area contributed by atoms with Crippen molar-refractivity contribution in [2.75, 3.05) is 29.4 Å². The van der Waals surface area contributed by atoms with Gasteiger partial charge in [-0.05, 0) is 39.7 Å². The average Bonchev–Trinajstić information content (AvgIpc) is 2.62. The molecule has 3 rings (SSSR count). The fourth-order valence-corrected chi connectivity index (χ4v) is 4.02. The lowest BCUT2D eigenvalue weighted by atomic mass is 9.88. The number of nitrogens with zero attached hydrogens (tertiary/aromatic N) is 2. The molecule has 3 amide bonds.